The number of sulfonamides is 1. The predicted molar refractivity (Wildman–Crippen MR) is 124 cm³/mol. The Balaban J connectivity index is 1.60. The Kier molecular flexibility index (Phi) is 6.62. The molecule has 0 radical (unpaired) electrons. The first-order chi connectivity index (χ1) is 15.7. The minimum absolute atomic E-state index is 0.148. The molecule has 1 aliphatic heterocycles. The van der Waals surface area contributed by atoms with Crippen molar-refractivity contribution in [1.29, 1.82) is 0 Å². The summed E-state index contributed by atoms with van der Waals surface area (Å²) in [5, 5.41) is 0. The summed E-state index contributed by atoms with van der Waals surface area (Å²) in [7, 11) is -1.60. The molecule has 176 valence electrons. The molecule has 10 heteroatoms. The summed E-state index contributed by atoms with van der Waals surface area (Å²) in [5.41, 5.74) is 3.45. The topological polar surface area (TPSA) is 104 Å². The van der Waals surface area contributed by atoms with E-state index in [1.165, 1.54) is 10.6 Å². The molecule has 0 bridgehead atoms. The lowest BCUT2D eigenvalue weighted by atomic mass is 9.96. The van der Waals surface area contributed by atoms with E-state index in [0.717, 1.165) is 11.1 Å². The molecule has 1 saturated heterocycles. The van der Waals surface area contributed by atoms with Crippen molar-refractivity contribution < 1.29 is 22.6 Å². The van der Waals surface area contributed by atoms with Crippen LogP contribution >= 0.6 is 0 Å². The molecule has 3 heterocycles. The molecule has 0 saturated carbocycles. The summed E-state index contributed by atoms with van der Waals surface area (Å²) in [4.78, 5) is 13.5. The van der Waals surface area contributed by atoms with E-state index < -0.39 is 21.7 Å². The smallest absolute Gasteiger partial charge is 0.242 e. The molecule has 1 atom stereocenters. The van der Waals surface area contributed by atoms with Crippen LogP contribution < -0.4 is 4.74 Å². The van der Waals surface area contributed by atoms with Gasteiger partial charge in [-0.15, -0.1) is 0 Å². The molecule has 2 aromatic heterocycles. The van der Waals surface area contributed by atoms with Crippen LogP contribution in [0.25, 0.3) is 22.3 Å². The highest BCUT2D eigenvalue weighted by atomic mass is 32.2. The Labute approximate surface area is 193 Å². The Hall–Kier alpha value is -2.66. The number of morpholine rings is 1. The monoisotopic (exact) mass is 472 g/mol. The maximum atomic E-state index is 11.9. The zero-order valence-corrected chi connectivity index (χ0v) is 20.0. The van der Waals surface area contributed by atoms with Crippen molar-refractivity contribution in [3.8, 4) is 17.1 Å². The molecular formula is C23H28N4O5S. The minimum Gasteiger partial charge on any atom is -0.473 e. The zero-order valence-electron chi connectivity index (χ0n) is 19.2. The number of nitrogens with zero attached hydrogens (tertiary/aromatic N) is 4. The van der Waals surface area contributed by atoms with Crippen molar-refractivity contribution in [2.45, 2.75) is 25.6 Å². The first-order valence-corrected chi connectivity index (χ1v) is 12.5. The van der Waals surface area contributed by atoms with Gasteiger partial charge >= 0.3 is 0 Å². The maximum absolute atomic E-state index is 11.9. The van der Waals surface area contributed by atoms with E-state index in [9.17, 15) is 8.42 Å². The van der Waals surface area contributed by atoms with Crippen LogP contribution in [0.2, 0.25) is 0 Å². The van der Waals surface area contributed by atoms with Crippen LogP contribution in [0, 0.1) is 0 Å². The van der Waals surface area contributed by atoms with Gasteiger partial charge in [0.25, 0.3) is 0 Å². The second-order valence-corrected chi connectivity index (χ2v) is 10.4. The molecule has 33 heavy (non-hydrogen) atoms. The van der Waals surface area contributed by atoms with Gasteiger partial charge in [-0.1, -0.05) is 24.3 Å². The summed E-state index contributed by atoms with van der Waals surface area (Å²) >= 11 is 0. The summed E-state index contributed by atoms with van der Waals surface area (Å²) in [6, 6.07) is 9.86. The number of methoxy groups -OCH3 is 1. The van der Waals surface area contributed by atoms with Gasteiger partial charge in [-0.05, 0) is 25.5 Å². The van der Waals surface area contributed by atoms with Crippen molar-refractivity contribution in [3.63, 3.8) is 0 Å². The van der Waals surface area contributed by atoms with Crippen molar-refractivity contribution in [3.05, 3.63) is 48.3 Å². The first kappa shape index (κ1) is 23.5. The summed E-state index contributed by atoms with van der Waals surface area (Å²) in [6.07, 6.45) is 4.00. The zero-order chi connectivity index (χ0) is 23.6. The standard InChI is InChI=1S/C23H28N4O5S/c1-23(2,30-3)17-7-5-16(6-8-17)19-13-20-21(25-10-9-24-20)22(26-19)32-15-18-14-27(11-12-31-18)33(4,28)29/h5-10,13,18H,11-12,14-15H2,1-4H3/t18-/m0/s1. The maximum Gasteiger partial charge on any atom is 0.242 e. The van der Waals surface area contributed by atoms with Gasteiger partial charge in [-0.2, -0.15) is 4.31 Å². The molecule has 0 spiro atoms. The third kappa shape index (κ3) is 5.30. The average molecular weight is 473 g/mol. The molecule has 9 nitrogen and oxygen atoms in total. The van der Waals surface area contributed by atoms with Crippen LogP contribution in [0.15, 0.2) is 42.7 Å². The molecule has 0 amide bonds. The normalized spacial score (nSPS) is 17.9. The summed E-state index contributed by atoms with van der Waals surface area (Å²) in [6.45, 7) is 5.06. The third-order valence-electron chi connectivity index (χ3n) is 5.79. The molecule has 1 aromatic carbocycles. The van der Waals surface area contributed by atoms with Gasteiger partial charge in [0.2, 0.25) is 15.9 Å². The van der Waals surface area contributed by atoms with Gasteiger partial charge in [0.05, 0.1) is 29.7 Å². The van der Waals surface area contributed by atoms with Gasteiger partial charge in [0.15, 0.2) is 5.52 Å². The largest absolute Gasteiger partial charge is 0.473 e. The minimum atomic E-state index is -3.28. The number of ether oxygens (including phenoxy) is 3. The van der Waals surface area contributed by atoms with E-state index in [1.54, 1.807) is 19.5 Å². The second-order valence-electron chi connectivity index (χ2n) is 8.45. The van der Waals surface area contributed by atoms with E-state index in [1.807, 2.05) is 44.2 Å². The van der Waals surface area contributed by atoms with E-state index in [4.69, 9.17) is 19.2 Å². The number of benzene rings is 1. The predicted octanol–water partition coefficient (Wildman–Crippen LogP) is 2.61. The van der Waals surface area contributed by atoms with Gasteiger partial charge in [0.1, 0.15) is 12.7 Å². The van der Waals surface area contributed by atoms with Gasteiger partial charge in [-0.25, -0.2) is 18.4 Å². The number of fused-ring (bicyclic) bond motifs is 1. The fourth-order valence-corrected chi connectivity index (χ4v) is 4.46. The molecule has 1 aliphatic rings. The molecule has 0 N–H and O–H groups in total. The van der Waals surface area contributed by atoms with Crippen LogP contribution in [-0.2, 0) is 25.1 Å². The first-order valence-electron chi connectivity index (χ1n) is 10.6. The number of hydrogen-bond acceptors (Lipinski definition) is 8. The van der Waals surface area contributed by atoms with Crippen LogP contribution in [0.1, 0.15) is 19.4 Å². The highest BCUT2D eigenvalue weighted by Crippen LogP contribution is 2.30. The Bertz CT molecular complexity index is 1230. The Morgan fingerprint density at radius 2 is 1.91 bits per heavy atom. The van der Waals surface area contributed by atoms with Crippen LogP contribution in [-0.4, -0.2) is 73.4 Å². The lowest BCUT2D eigenvalue weighted by Gasteiger charge is -2.30. The fourth-order valence-electron chi connectivity index (χ4n) is 3.62. The van der Waals surface area contributed by atoms with Gasteiger partial charge in [0, 0.05) is 38.2 Å². The summed E-state index contributed by atoms with van der Waals surface area (Å²) < 4.78 is 42.4. The third-order valence-corrected chi connectivity index (χ3v) is 7.06. The van der Waals surface area contributed by atoms with Crippen LogP contribution in [0.5, 0.6) is 5.88 Å². The van der Waals surface area contributed by atoms with Crippen molar-refractivity contribution in [2.75, 3.05) is 39.7 Å². The number of rotatable bonds is 7. The highest BCUT2D eigenvalue weighted by Gasteiger charge is 2.27. The van der Waals surface area contributed by atoms with E-state index >= 15 is 0 Å². The molecule has 1 fully saturated rings. The van der Waals surface area contributed by atoms with Gasteiger partial charge in [-0.3, -0.25) is 4.98 Å². The van der Waals surface area contributed by atoms with Gasteiger partial charge < -0.3 is 14.2 Å². The van der Waals surface area contributed by atoms with Crippen molar-refractivity contribution >= 4 is 21.1 Å². The number of hydrogen-bond donors (Lipinski definition) is 0. The summed E-state index contributed by atoms with van der Waals surface area (Å²) in [5.74, 6) is 0.331. The lowest BCUT2D eigenvalue weighted by Crippen LogP contribution is -2.47. The van der Waals surface area contributed by atoms with E-state index in [-0.39, 0.29) is 13.2 Å². The SMILES string of the molecule is COC(C)(C)c1ccc(-c2cc3nccnc3c(OC[C@@H]3CN(S(C)(=O)=O)CCO3)n2)cc1. The molecule has 4 rings (SSSR count). The van der Waals surface area contributed by atoms with Crippen LogP contribution in [0.3, 0.4) is 0 Å². The lowest BCUT2D eigenvalue weighted by molar-refractivity contribution is -0.0252. The van der Waals surface area contributed by atoms with E-state index in [0.29, 0.717) is 35.8 Å². The van der Waals surface area contributed by atoms with E-state index in [2.05, 4.69) is 9.97 Å². The quantitative estimate of drug-likeness (QED) is 0.517. The average Bonchev–Trinajstić information content (AvgIpc) is 2.82. The Morgan fingerprint density at radius 3 is 2.61 bits per heavy atom. The number of aromatic nitrogens is 3. The fraction of sp³-hybridized carbons (Fsp3) is 0.435. The van der Waals surface area contributed by atoms with Crippen LogP contribution in [0.4, 0.5) is 0 Å². The number of pyridine rings is 1. The molecule has 3 aromatic rings. The molecule has 0 aliphatic carbocycles. The Morgan fingerprint density at radius 1 is 1.18 bits per heavy atom. The highest BCUT2D eigenvalue weighted by molar-refractivity contribution is 7.88. The second kappa shape index (κ2) is 9.30. The van der Waals surface area contributed by atoms with Crippen molar-refractivity contribution in [1.82, 2.24) is 19.3 Å². The van der Waals surface area contributed by atoms with Crippen molar-refractivity contribution in [2.24, 2.45) is 0 Å². The molecular weight excluding hydrogens is 444 g/mol. The molecule has 0 unspecified atom stereocenters.